The number of benzene rings is 1. The van der Waals surface area contributed by atoms with E-state index in [1.807, 2.05) is 5.32 Å². The summed E-state index contributed by atoms with van der Waals surface area (Å²) in [5, 5.41) is 13.9. The minimum absolute atomic E-state index is 0.180. The predicted octanol–water partition coefficient (Wildman–Crippen LogP) is 1.90. The maximum absolute atomic E-state index is 13.5. The number of nitrogens with one attached hydrogen (secondary N) is 1. The number of amides is 1. The summed E-state index contributed by atoms with van der Waals surface area (Å²) < 4.78 is 27.2. The van der Waals surface area contributed by atoms with Gasteiger partial charge in [0.2, 0.25) is 6.10 Å². The molecule has 0 bridgehead atoms. The molecule has 1 unspecified atom stereocenters. The lowest BCUT2D eigenvalue weighted by Crippen LogP contribution is -2.29. The van der Waals surface area contributed by atoms with Crippen molar-refractivity contribution in [3.8, 4) is 0 Å². The van der Waals surface area contributed by atoms with Gasteiger partial charge < -0.3 is 15.3 Å². The Bertz CT molecular complexity index is 597. The predicted molar refractivity (Wildman–Crippen MR) is 67.2 cm³/mol. The summed E-state index contributed by atoms with van der Waals surface area (Å²) in [4.78, 5) is 26.9. The normalized spacial score (nSPS) is 17.4. The molecule has 6 nitrogen and oxygen atoms in total. The van der Waals surface area contributed by atoms with Crippen molar-refractivity contribution >= 4 is 39.2 Å². The molecule has 0 radical (unpaired) electrons. The summed E-state index contributed by atoms with van der Waals surface area (Å²) in [7, 11) is 0. The van der Waals surface area contributed by atoms with Crippen molar-refractivity contribution in [1.29, 1.82) is 0 Å². The Balaban J connectivity index is 2.09. The molecule has 0 fully saturated rings. The number of hydrogen-bond donors (Lipinski definition) is 2. The van der Waals surface area contributed by atoms with Crippen molar-refractivity contribution in [3.05, 3.63) is 28.2 Å². The largest absolute Gasteiger partial charge is 0.477 e. The number of hydrogen-bond acceptors (Lipinski definition) is 4. The molecule has 2 N–H and O–H groups in total. The highest BCUT2D eigenvalue weighted by atomic mass is 79.9. The highest BCUT2D eigenvalue weighted by molar-refractivity contribution is 9.10. The van der Waals surface area contributed by atoms with E-state index in [-0.39, 0.29) is 16.6 Å². The van der Waals surface area contributed by atoms with Gasteiger partial charge >= 0.3 is 5.97 Å². The zero-order valence-electron chi connectivity index (χ0n) is 9.69. The summed E-state index contributed by atoms with van der Waals surface area (Å²) in [6.07, 6.45) is -1.51. The van der Waals surface area contributed by atoms with Crippen LogP contribution < -0.4 is 5.32 Å². The number of nitrogens with zero attached hydrogens (tertiary/aromatic N) is 1. The third-order valence-electron chi connectivity index (χ3n) is 2.46. The molecule has 1 aromatic carbocycles. The second kappa shape index (κ2) is 5.53. The number of halogens is 3. The Hall–Kier alpha value is -2.03. The summed E-state index contributed by atoms with van der Waals surface area (Å²) >= 11 is 2.90. The summed E-state index contributed by atoms with van der Waals surface area (Å²) in [6, 6.07) is 1.96. The molecule has 1 aliphatic rings. The zero-order valence-corrected chi connectivity index (χ0v) is 11.3. The minimum Gasteiger partial charge on any atom is -0.477 e. The lowest BCUT2D eigenvalue weighted by Gasteiger charge is -2.11. The van der Waals surface area contributed by atoms with Gasteiger partial charge in [-0.25, -0.2) is 13.6 Å². The second-order valence-corrected chi connectivity index (χ2v) is 4.79. The first-order valence-electron chi connectivity index (χ1n) is 5.30. The monoisotopic (exact) mass is 348 g/mol. The molecular formula is C11H7BrF2N2O4. The lowest BCUT2D eigenvalue weighted by molar-refractivity contribution is -0.129. The van der Waals surface area contributed by atoms with Gasteiger partial charge in [-0.3, -0.25) is 4.79 Å². The second-order valence-electron chi connectivity index (χ2n) is 3.87. The molecule has 0 aliphatic carbocycles. The van der Waals surface area contributed by atoms with Crippen LogP contribution in [0.2, 0.25) is 0 Å². The van der Waals surface area contributed by atoms with Crippen LogP contribution in [0.15, 0.2) is 21.8 Å². The number of carbonyl (C=O) groups excluding carboxylic acids is 1. The van der Waals surface area contributed by atoms with E-state index in [9.17, 15) is 18.4 Å². The van der Waals surface area contributed by atoms with Gasteiger partial charge in [0.25, 0.3) is 5.91 Å². The van der Waals surface area contributed by atoms with Crippen molar-refractivity contribution in [3.63, 3.8) is 0 Å². The molecule has 1 atom stereocenters. The molecule has 0 saturated carbocycles. The zero-order chi connectivity index (χ0) is 14.9. The van der Waals surface area contributed by atoms with Gasteiger partial charge in [0.05, 0.1) is 0 Å². The molecule has 9 heteroatoms. The van der Waals surface area contributed by atoms with Crippen LogP contribution in [0.4, 0.5) is 14.5 Å². The molecule has 1 aromatic rings. The molecular weight excluding hydrogens is 342 g/mol. The van der Waals surface area contributed by atoms with Gasteiger partial charge in [-0.05, 0) is 12.1 Å². The van der Waals surface area contributed by atoms with Crippen molar-refractivity contribution < 1.29 is 28.3 Å². The van der Waals surface area contributed by atoms with Gasteiger partial charge in [0, 0.05) is 10.9 Å². The van der Waals surface area contributed by atoms with E-state index in [0.717, 1.165) is 12.1 Å². The van der Waals surface area contributed by atoms with Crippen LogP contribution in [-0.2, 0) is 14.4 Å². The molecule has 1 amide bonds. The van der Waals surface area contributed by atoms with E-state index in [1.54, 1.807) is 0 Å². The van der Waals surface area contributed by atoms with Gasteiger partial charge in [0.15, 0.2) is 17.3 Å². The first kappa shape index (κ1) is 14.4. The smallest absolute Gasteiger partial charge is 0.353 e. The fraction of sp³-hybridized carbons (Fsp3) is 0.182. The number of carbonyl (C=O) groups is 2. The average molecular weight is 349 g/mol. The molecule has 0 spiro atoms. The quantitative estimate of drug-likeness (QED) is 0.873. The van der Waals surface area contributed by atoms with E-state index in [0.29, 0.717) is 0 Å². The number of aliphatic carboxylic acids is 1. The van der Waals surface area contributed by atoms with Crippen LogP contribution in [0.3, 0.4) is 0 Å². The first-order valence-corrected chi connectivity index (χ1v) is 6.09. The number of rotatable bonds is 3. The number of carboxylic acids is 1. The van der Waals surface area contributed by atoms with Gasteiger partial charge in [-0.15, -0.1) is 0 Å². The number of anilines is 1. The van der Waals surface area contributed by atoms with Crippen LogP contribution in [-0.4, -0.2) is 28.8 Å². The molecule has 2 rings (SSSR count). The number of oxime groups is 1. The Morgan fingerprint density at radius 1 is 1.40 bits per heavy atom. The van der Waals surface area contributed by atoms with E-state index < -0.39 is 35.3 Å². The summed E-state index contributed by atoms with van der Waals surface area (Å²) in [5.41, 5.74) is -0.965. The van der Waals surface area contributed by atoms with E-state index in [4.69, 9.17) is 5.11 Å². The van der Waals surface area contributed by atoms with Crippen LogP contribution in [0.1, 0.15) is 6.42 Å². The Labute approximate surface area is 119 Å². The third-order valence-corrected chi connectivity index (χ3v) is 2.92. The maximum atomic E-state index is 13.5. The molecule has 20 heavy (non-hydrogen) atoms. The van der Waals surface area contributed by atoms with Gasteiger partial charge in [-0.1, -0.05) is 21.1 Å². The van der Waals surface area contributed by atoms with E-state index >= 15 is 0 Å². The van der Waals surface area contributed by atoms with Crippen molar-refractivity contribution in [2.45, 2.75) is 12.5 Å². The fourth-order valence-electron chi connectivity index (χ4n) is 1.51. The average Bonchev–Trinajstić information content (AvgIpc) is 2.83. The van der Waals surface area contributed by atoms with Gasteiger partial charge in [-0.2, -0.15) is 0 Å². The van der Waals surface area contributed by atoms with E-state index in [1.165, 1.54) is 0 Å². The van der Waals surface area contributed by atoms with Crippen LogP contribution in [0.25, 0.3) is 0 Å². The SMILES string of the molecule is O=C(O)C1=NOC(C(=O)Nc2c(F)cc(Br)cc2F)C1. The molecule has 1 heterocycles. The maximum Gasteiger partial charge on any atom is 0.353 e. The molecule has 0 aromatic heterocycles. The van der Waals surface area contributed by atoms with Crippen molar-refractivity contribution in [1.82, 2.24) is 0 Å². The summed E-state index contributed by atoms with van der Waals surface area (Å²) in [5.74, 6) is -4.14. The Morgan fingerprint density at radius 2 is 2.00 bits per heavy atom. The molecule has 0 saturated heterocycles. The highest BCUT2D eigenvalue weighted by Crippen LogP contribution is 2.24. The third kappa shape index (κ3) is 2.93. The molecule has 106 valence electrons. The lowest BCUT2D eigenvalue weighted by atomic mass is 10.1. The van der Waals surface area contributed by atoms with Crippen LogP contribution >= 0.6 is 15.9 Å². The Morgan fingerprint density at radius 3 is 2.50 bits per heavy atom. The van der Waals surface area contributed by atoms with Gasteiger partial charge in [0.1, 0.15) is 5.69 Å². The van der Waals surface area contributed by atoms with Crippen molar-refractivity contribution in [2.24, 2.45) is 5.16 Å². The Kier molecular flexibility index (Phi) is 3.98. The molecule has 1 aliphatic heterocycles. The van der Waals surface area contributed by atoms with Crippen LogP contribution in [0.5, 0.6) is 0 Å². The number of carboxylic acid groups (broad SMARTS) is 1. The minimum atomic E-state index is -1.32. The fourth-order valence-corrected chi connectivity index (χ4v) is 1.91. The van der Waals surface area contributed by atoms with Crippen LogP contribution in [0, 0.1) is 11.6 Å². The summed E-state index contributed by atoms with van der Waals surface area (Å²) in [6.45, 7) is 0. The van der Waals surface area contributed by atoms with E-state index in [2.05, 4.69) is 25.9 Å². The first-order chi connectivity index (χ1) is 9.38. The van der Waals surface area contributed by atoms with Crippen molar-refractivity contribution in [2.75, 3.05) is 5.32 Å². The highest BCUT2D eigenvalue weighted by Gasteiger charge is 2.32. The topological polar surface area (TPSA) is 88.0 Å². The standard InChI is InChI=1S/C11H7BrF2N2O4/c12-4-1-5(13)9(6(14)2-4)15-10(17)8-3-7(11(18)19)16-20-8/h1-2,8H,3H2,(H,15,17)(H,18,19).